The van der Waals surface area contributed by atoms with Gasteiger partial charge in [-0.1, -0.05) is 6.07 Å². The van der Waals surface area contributed by atoms with Crippen LogP contribution in [-0.2, 0) is 9.31 Å². The van der Waals surface area contributed by atoms with Gasteiger partial charge in [0.25, 0.3) is 0 Å². The van der Waals surface area contributed by atoms with Crippen molar-refractivity contribution in [2.75, 3.05) is 0 Å². The first-order valence-corrected chi connectivity index (χ1v) is 7.55. The van der Waals surface area contributed by atoms with E-state index in [-0.39, 0.29) is 11.2 Å². The first-order valence-electron chi connectivity index (χ1n) is 7.55. The van der Waals surface area contributed by atoms with Crippen LogP contribution in [0.4, 0.5) is 8.78 Å². The largest absolute Gasteiger partial charge is 0.497 e. The molecule has 0 unspecified atom stereocenters. The van der Waals surface area contributed by atoms with Crippen molar-refractivity contribution < 1.29 is 22.8 Å². The summed E-state index contributed by atoms with van der Waals surface area (Å²) in [6.45, 7) is 7.34. The van der Waals surface area contributed by atoms with E-state index in [0.29, 0.717) is 12.8 Å². The molecule has 4 nitrogen and oxygen atoms in total. The van der Waals surface area contributed by atoms with Crippen LogP contribution in [0.5, 0.6) is 5.75 Å². The van der Waals surface area contributed by atoms with Crippen molar-refractivity contribution in [3.8, 4) is 11.8 Å². The highest BCUT2D eigenvalue weighted by Gasteiger charge is 2.53. The van der Waals surface area contributed by atoms with Crippen LogP contribution < -0.4 is 10.2 Å². The van der Waals surface area contributed by atoms with Gasteiger partial charge in [-0.15, -0.1) is 0 Å². The smallest absolute Gasteiger partial charge is 0.469 e. The zero-order chi connectivity index (χ0) is 17.0. The molecule has 1 aliphatic carbocycles. The maximum atomic E-state index is 14.4. The topological polar surface area (TPSA) is 51.5 Å². The van der Waals surface area contributed by atoms with Crippen LogP contribution in [0.1, 0.15) is 40.5 Å². The number of halogens is 2. The minimum absolute atomic E-state index is 0.0182. The van der Waals surface area contributed by atoms with Crippen molar-refractivity contribution >= 4 is 12.6 Å². The van der Waals surface area contributed by atoms with Crippen LogP contribution in [0.15, 0.2) is 12.1 Å². The molecule has 7 heteroatoms. The average Bonchev–Trinajstić information content (AvgIpc) is 3.18. The number of nitrogens with zero attached hydrogens (tertiary/aromatic N) is 1. The number of hydrogen-bond donors (Lipinski definition) is 0. The lowest BCUT2D eigenvalue weighted by Crippen LogP contribution is -2.41. The van der Waals surface area contributed by atoms with Gasteiger partial charge in [0.1, 0.15) is 6.07 Å². The van der Waals surface area contributed by atoms with Gasteiger partial charge in [-0.2, -0.15) is 9.65 Å². The molecule has 23 heavy (non-hydrogen) atoms. The number of nitriles is 1. The zero-order valence-corrected chi connectivity index (χ0v) is 13.6. The fourth-order valence-electron chi connectivity index (χ4n) is 2.34. The Hall–Kier alpha value is -1.65. The summed E-state index contributed by atoms with van der Waals surface area (Å²) in [5, 5.41) is 8.99. The van der Waals surface area contributed by atoms with E-state index in [1.54, 1.807) is 0 Å². The Bertz CT molecular complexity index is 679. The Balaban J connectivity index is 1.89. The van der Waals surface area contributed by atoms with Gasteiger partial charge in [0.15, 0.2) is 23.0 Å². The van der Waals surface area contributed by atoms with E-state index in [0.717, 1.165) is 0 Å². The summed E-state index contributed by atoms with van der Waals surface area (Å²) in [6.07, 6.45) is 1.03. The van der Waals surface area contributed by atoms with Gasteiger partial charge in [0, 0.05) is 18.3 Å². The number of rotatable bonds is 3. The minimum Gasteiger partial charge on any atom is -0.469 e. The monoisotopic (exact) mass is 321 g/mol. The summed E-state index contributed by atoms with van der Waals surface area (Å²) in [5.41, 5.74) is -2.32. The van der Waals surface area contributed by atoms with E-state index >= 15 is 0 Å². The molecule has 1 aliphatic heterocycles. The molecular formula is C16H18BF2NO3. The molecular weight excluding hydrogens is 303 g/mol. The van der Waals surface area contributed by atoms with Gasteiger partial charge in [-0.05, 0) is 33.8 Å². The fourth-order valence-corrected chi connectivity index (χ4v) is 2.34. The summed E-state index contributed by atoms with van der Waals surface area (Å²) >= 11 is 0. The van der Waals surface area contributed by atoms with E-state index in [4.69, 9.17) is 19.3 Å². The molecule has 0 amide bonds. The van der Waals surface area contributed by atoms with Crippen molar-refractivity contribution in [2.24, 2.45) is 0 Å². The molecule has 1 heterocycles. The summed E-state index contributed by atoms with van der Waals surface area (Å²) < 4.78 is 45.5. The van der Waals surface area contributed by atoms with Crippen molar-refractivity contribution in [1.82, 2.24) is 0 Å². The van der Waals surface area contributed by atoms with Crippen LogP contribution in [0.3, 0.4) is 0 Å². The molecule has 2 fully saturated rings. The second-order valence-corrected chi connectivity index (χ2v) is 7.08. The summed E-state index contributed by atoms with van der Waals surface area (Å²) in [6, 6.07) is 4.67. The summed E-state index contributed by atoms with van der Waals surface area (Å²) in [5.74, 6) is -2.46. The molecule has 0 atom stereocenters. The van der Waals surface area contributed by atoms with E-state index in [1.165, 1.54) is 12.1 Å². The van der Waals surface area contributed by atoms with Crippen molar-refractivity contribution in [2.45, 2.75) is 57.3 Å². The molecule has 0 spiro atoms. The first-order chi connectivity index (χ1) is 10.6. The Labute approximate surface area is 134 Å². The molecule has 1 aromatic carbocycles. The molecule has 0 radical (unpaired) electrons. The first kappa shape index (κ1) is 16.2. The van der Waals surface area contributed by atoms with Crippen LogP contribution in [0.2, 0.25) is 0 Å². The highest BCUT2D eigenvalue weighted by atomic mass is 19.2. The fraction of sp³-hybridized carbons (Fsp3) is 0.562. The van der Waals surface area contributed by atoms with E-state index in [9.17, 15) is 8.78 Å². The highest BCUT2D eigenvalue weighted by Crippen LogP contribution is 2.41. The van der Waals surface area contributed by atoms with Crippen LogP contribution in [0.25, 0.3) is 0 Å². The predicted octanol–water partition coefficient (Wildman–Crippen LogP) is 2.70. The Morgan fingerprint density at radius 3 is 2.13 bits per heavy atom. The van der Waals surface area contributed by atoms with Gasteiger partial charge in [-0.25, -0.2) is 4.39 Å². The third kappa shape index (κ3) is 2.60. The standard InChI is InChI=1S/C16H18BF2NO3/c1-14(2)15(3,4)23-17(22-14)10-5-6-11(13(19)12(10)18)21-16(9-20)7-8-16/h5-6H,7-8H2,1-4H3. The van der Waals surface area contributed by atoms with Gasteiger partial charge < -0.3 is 14.0 Å². The maximum Gasteiger partial charge on any atom is 0.497 e. The summed E-state index contributed by atoms with van der Waals surface area (Å²) in [7, 11) is -0.991. The van der Waals surface area contributed by atoms with Gasteiger partial charge in [0.05, 0.1) is 11.2 Å². The normalized spacial score (nSPS) is 23.4. The molecule has 1 saturated carbocycles. The summed E-state index contributed by atoms with van der Waals surface area (Å²) in [4.78, 5) is 0. The Kier molecular flexibility index (Phi) is 3.47. The SMILES string of the molecule is CC1(C)OB(c2ccc(OC3(C#N)CC3)c(F)c2F)OC1(C)C. The third-order valence-corrected chi connectivity index (χ3v) is 4.80. The number of ether oxygens (including phenoxy) is 1. The Morgan fingerprint density at radius 2 is 1.65 bits per heavy atom. The van der Waals surface area contributed by atoms with E-state index < -0.39 is 35.6 Å². The maximum absolute atomic E-state index is 14.4. The molecule has 0 bridgehead atoms. The van der Waals surface area contributed by atoms with E-state index in [2.05, 4.69) is 0 Å². The quantitative estimate of drug-likeness (QED) is 0.803. The molecule has 1 aromatic rings. The molecule has 122 valence electrons. The van der Waals surface area contributed by atoms with E-state index in [1.807, 2.05) is 33.8 Å². The minimum atomic E-state index is -1.13. The molecule has 3 rings (SSSR count). The van der Waals surface area contributed by atoms with Crippen LogP contribution in [-0.4, -0.2) is 23.9 Å². The van der Waals surface area contributed by atoms with Gasteiger partial charge in [0.2, 0.25) is 0 Å². The second-order valence-electron chi connectivity index (χ2n) is 7.08. The molecule has 0 N–H and O–H groups in total. The second kappa shape index (κ2) is 4.92. The lowest BCUT2D eigenvalue weighted by atomic mass is 9.78. The van der Waals surface area contributed by atoms with Crippen LogP contribution in [0, 0.1) is 23.0 Å². The Morgan fingerprint density at radius 1 is 1.09 bits per heavy atom. The van der Waals surface area contributed by atoms with Gasteiger partial charge >= 0.3 is 7.12 Å². The predicted molar refractivity (Wildman–Crippen MR) is 80.3 cm³/mol. The lowest BCUT2D eigenvalue weighted by molar-refractivity contribution is 0.00578. The van der Waals surface area contributed by atoms with Gasteiger partial charge in [-0.3, -0.25) is 0 Å². The molecule has 0 aromatic heterocycles. The zero-order valence-electron chi connectivity index (χ0n) is 13.6. The van der Waals surface area contributed by atoms with Crippen LogP contribution >= 0.6 is 0 Å². The molecule has 1 saturated heterocycles. The highest BCUT2D eigenvalue weighted by molar-refractivity contribution is 6.62. The lowest BCUT2D eigenvalue weighted by Gasteiger charge is -2.32. The van der Waals surface area contributed by atoms with Crippen molar-refractivity contribution in [1.29, 1.82) is 5.26 Å². The molecule has 2 aliphatic rings. The third-order valence-electron chi connectivity index (χ3n) is 4.80. The number of benzene rings is 1. The van der Waals surface area contributed by atoms with Crippen molar-refractivity contribution in [3.63, 3.8) is 0 Å². The number of hydrogen-bond acceptors (Lipinski definition) is 4. The van der Waals surface area contributed by atoms with Crippen molar-refractivity contribution in [3.05, 3.63) is 23.8 Å². The average molecular weight is 321 g/mol.